The van der Waals surface area contributed by atoms with E-state index < -0.39 is 0 Å². The van der Waals surface area contributed by atoms with Crippen LogP contribution in [0.2, 0.25) is 0 Å². The van der Waals surface area contributed by atoms with Gasteiger partial charge in [-0.3, -0.25) is 4.79 Å². The standard InChI is InChI=1S/C12H16OS/c13-12(11-6-7-14-9-11)8-10-4-2-1-3-5-10/h6-7,9-10H,1-5,8H2. The second-order valence-corrected chi connectivity index (χ2v) is 4.92. The lowest BCUT2D eigenvalue weighted by molar-refractivity contribution is 0.0950. The number of carbonyl (C=O) groups excluding carboxylic acids is 1. The second-order valence-electron chi connectivity index (χ2n) is 4.14. The molecular weight excluding hydrogens is 192 g/mol. The van der Waals surface area contributed by atoms with Gasteiger partial charge in [0.15, 0.2) is 5.78 Å². The summed E-state index contributed by atoms with van der Waals surface area (Å²) in [6.45, 7) is 0. The zero-order valence-corrected chi connectivity index (χ0v) is 9.19. The molecule has 0 unspecified atom stereocenters. The summed E-state index contributed by atoms with van der Waals surface area (Å²) in [7, 11) is 0. The van der Waals surface area contributed by atoms with Gasteiger partial charge in [-0.15, -0.1) is 0 Å². The van der Waals surface area contributed by atoms with Gasteiger partial charge in [-0.25, -0.2) is 0 Å². The largest absolute Gasteiger partial charge is 0.294 e. The third-order valence-corrected chi connectivity index (χ3v) is 3.73. The highest BCUT2D eigenvalue weighted by molar-refractivity contribution is 7.08. The quantitative estimate of drug-likeness (QED) is 0.688. The van der Waals surface area contributed by atoms with Gasteiger partial charge in [-0.1, -0.05) is 32.1 Å². The maximum Gasteiger partial charge on any atom is 0.163 e. The average molecular weight is 208 g/mol. The van der Waals surface area contributed by atoms with Crippen molar-refractivity contribution >= 4 is 17.1 Å². The predicted octanol–water partition coefficient (Wildman–Crippen LogP) is 3.90. The molecule has 0 amide bonds. The van der Waals surface area contributed by atoms with Crippen molar-refractivity contribution in [2.75, 3.05) is 0 Å². The molecule has 0 bridgehead atoms. The summed E-state index contributed by atoms with van der Waals surface area (Å²) in [5.41, 5.74) is 0.917. The van der Waals surface area contributed by atoms with Crippen molar-refractivity contribution in [3.05, 3.63) is 22.4 Å². The molecule has 1 fully saturated rings. The van der Waals surface area contributed by atoms with Crippen LogP contribution in [0.1, 0.15) is 48.9 Å². The predicted molar refractivity (Wildman–Crippen MR) is 59.8 cm³/mol. The van der Waals surface area contributed by atoms with E-state index in [2.05, 4.69) is 0 Å². The van der Waals surface area contributed by atoms with Crippen LogP contribution in [0.15, 0.2) is 16.8 Å². The van der Waals surface area contributed by atoms with Gasteiger partial charge in [-0.05, 0) is 17.4 Å². The van der Waals surface area contributed by atoms with Gasteiger partial charge in [0.2, 0.25) is 0 Å². The minimum atomic E-state index is 0.346. The van der Waals surface area contributed by atoms with Gasteiger partial charge >= 0.3 is 0 Å². The van der Waals surface area contributed by atoms with Gasteiger partial charge < -0.3 is 0 Å². The fourth-order valence-corrected chi connectivity index (χ4v) is 2.85. The summed E-state index contributed by atoms with van der Waals surface area (Å²) in [6, 6.07) is 1.94. The zero-order chi connectivity index (χ0) is 9.80. The Hall–Kier alpha value is -0.630. The number of hydrogen-bond donors (Lipinski definition) is 0. The number of thiophene rings is 1. The molecule has 0 aliphatic heterocycles. The highest BCUT2D eigenvalue weighted by Crippen LogP contribution is 2.27. The second kappa shape index (κ2) is 4.74. The Kier molecular flexibility index (Phi) is 3.35. The molecule has 0 spiro atoms. The van der Waals surface area contributed by atoms with Crippen LogP contribution in [0.3, 0.4) is 0 Å². The fourth-order valence-electron chi connectivity index (χ4n) is 2.19. The Labute approximate surface area is 89.1 Å². The summed E-state index contributed by atoms with van der Waals surface area (Å²) in [5.74, 6) is 1.01. The average Bonchev–Trinajstić information content (AvgIpc) is 2.72. The maximum absolute atomic E-state index is 11.8. The molecule has 1 aromatic rings. The third kappa shape index (κ3) is 2.44. The molecule has 0 atom stereocenters. The number of rotatable bonds is 3. The maximum atomic E-state index is 11.8. The van der Waals surface area contributed by atoms with Crippen molar-refractivity contribution in [1.29, 1.82) is 0 Å². The molecule has 14 heavy (non-hydrogen) atoms. The SMILES string of the molecule is O=C(CC1CCCCC1)c1ccsc1. The molecule has 2 heteroatoms. The highest BCUT2D eigenvalue weighted by Gasteiger charge is 2.17. The number of ketones is 1. The van der Waals surface area contributed by atoms with Gasteiger partial charge in [0, 0.05) is 17.4 Å². The summed E-state index contributed by atoms with van der Waals surface area (Å²) >= 11 is 1.61. The molecule has 1 aliphatic rings. The van der Waals surface area contributed by atoms with E-state index in [1.54, 1.807) is 11.3 Å². The Morgan fingerprint density at radius 2 is 2.14 bits per heavy atom. The van der Waals surface area contributed by atoms with Crippen LogP contribution >= 0.6 is 11.3 Å². The minimum absolute atomic E-state index is 0.346. The first-order valence-electron chi connectivity index (χ1n) is 5.41. The van der Waals surface area contributed by atoms with E-state index in [-0.39, 0.29) is 0 Å². The molecule has 1 saturated carbocycles. The molecule has 0 radical (unpaired) electrons. The van der Waals surface area contributed by atoms with E-state index >= 15 is 0 Å². The molecule has 0 saturated heterocycles. The molecule has 2 rings (SSSR count). The Bertz CT molecular complexity index is 283. The third-order valence-electron chi connectivity index (χ3n) is 3.04. The number of Topliss-reactive ketones (excluding diaryl/α,β-unsaturated/α-hetero) is 1. The first-order valence-corrected chi connectivity index (χ1v) is 6.36. The van der Waals surface area contributed by atoms with Crippen LogP contribution in [-0.2, 0) is 0 Å². The van der Waals surface area contributed by atoms with Crippen molar-refractivity contribution < 1.29 is 4.79 Å². The van der Waals surface area contributed by atoms with E-state index in [0.29, 0.717) is 11.7 Å². The molecule has 0 N–H and O–H groups in total. The van der Waals surface area contributed by atoms with Crippen LogP contribution in [0.25, 0.3) is 0 Å². The van der Waals surface area contributed by atoms with Crippen molar-refractivity contribution in [2.24, 2.45) is 5.92 Å². The number of hydrogen-bond acceptors (Lipinski definition) is 2. The van der Waals surface area contributed by atoms with E-state index in [9.17, 15) is 4.79 Å². The van der Waals surface area contributed by atoms with Gasteiger partial charge in [-0.2, -0.15) is 11.3 Å². The number of carbonyl (C=O) groups is 1. The smallest absolute Gasteiger partial charge is 0.163 e. The molecular formula is C12H16OS. The van der Waals surface area contributed by atoms with E-state index in [0.717, 1.165) is 12.0 Å². The first-order chi connectivity index (χ1) is 6.86. The summed E-state index contributed by atoms with van der Waals surface area (Å²) in [6.07, 6.45) is 7.30. The van der Waals surface area contributed by atoms with Crippen LogP contribution in [0.5, 0.6) is 0 Å². The lowest BCUT2D eigenvalue weighted by atomic mass is 9.85. The topological polar surface area (TPSA) is 17.1 Å². The molecule has 1 nitrogen and oxygen atoms in total. The Morgan fingerprint density at radius 1 is 1.36 bits per heavy atom. The fraction of sp³-hybridized carbons (Fsp3) is 0.583. The Balaban J connectivity index is 1.87. The minimum Gasteiger partial charge on any atom is -0.294 e. The summed E-state index contributed by atoms with van der Waals surface area (Å²) in [4.78, 5) is 11.8. The summed E-state index contributed by atoms with van der Waals surface area (Å²) < 4.78 is 0. The normalized spacial score (nSPS) is 18.3. The zero-order valence-electron chi connectivity index (χ0n) is 8.37. The molecule has 0 aromatic carbocycles. The van der Waals surface area contributed by atoms with Crippen LogP contribution in [0.4, 0.5) is 0 Å². The van der Waals surface area contributed by atoms with E-state index in [1.165, 1.54) is 32.1 Å². The molecule has 1 aliphatic carbocycles. The van der Waals surface area contributed by atoms with Crippen molar-refractivity contribution in [3.63, 3.8) is 0 Å². The van der Waals surface area contributed by atoms with Crippen molar-refractivity contribution in [2.45, 2.75) is 38.5 Å². The first kappa shape index (κ1) is 9.91. The Morgan fingerprint density at radius 3 is 2.79 bits per heavy atom. The van der Waals surface area contributed by atoms with E-state index in [1.807, 2.05) is 16.8 Å². The summed E-state index contributed by atoms with van der Waals surface area (Å²) in [5, 5.41) is 3.94. The van der Waals surface area contributed by atoms with Gasteiger partial charge in [0.25, 0.3) is 0 Å². The van der Waals surface area contributed by atoms with Gasteiger partial charge in [0.05, 0.1) is 0 Å². The van der Waals surface area contributed by atoms with Crippen molar-refractivity contribution in [1.82, 2.24) is 0 Å². The van der Waals surface area contributed by atoms with Crippen LogP contribution in [-0.4, -0.2) is 5.78 Å². The lowest BCUT2D eigenvalue weighted by Crippen LogP contribution is -2.11. The monoisotopic (exact) mass is 208 g/mol. The molecule has 1 heterocycles. The van der Waals surface area contributed by atoms with Crippen LogP contribution in [0, 0.1) is 5.92 Å². The molecule has 1 aromatic heterocycles. The van der Waals surface area contributed by atoms with Crippen LogP contribution < -0.4 is 0 Å². The highest BCUT2D eigenvalue weighted by atomic mass is 32.1. The molecule has 76 valence electrons. The van der Waals surface area contributed by atoms with E-state index in [4.69, 9.17) is 0 Å². The van der Waals surface area contributed by atoms with Gasteiger partial charge in [0.1, 0.15) is 0 Å². The lowest BCUT2D eigenvalue weighted by Gasteiger charge is -2.20. The van der Waals surface area contributed by atoms with Crippen molar-refractivity contribution in [3.8, 4) is 0 Å².